The first kappa shape index (κ1) is 15.0. The summed E-state index contributed by atoms with van der Waals surface area (Å²) in [5.74, 6) is 0. The van der Waals surface area contributed by atoms with Gasteiger partial charge in [0, 0.05) is 18.1 Å². The Bertz CT molecular complexity index is 652. The van der Waals surface area contributed by atoms with Crippen LogP contribution in [0.15, 0.2) is 42.6 Å². The van der Waals surface area contributed by atoms with Crippen LogP contribution in [0.4, 0.5) is 4.79 Å². The fraction of sp³-hybridized carbons (Fsp3) is 0.294. The van der Waals surface area contributed by atoms with Crippen molar-refractivity contribution in [1.29, 1.82) is 0 Å². The number of rotatable bonds is 3. The molecule has 0 atom stereocenters. The van der Waals surface area contributed by atoms with Gasteiger partial charge in [0.05, 0.1) is 5.69 Å². The normalized spacial score (nSPS) is 11.8. The number of alkyl carbamates (subject to hydrolysis) is 1. The predicted molar refractivity (Wildman–Crippen MR) is 85.0 cm³/mol. The van der Waals surface area contributed by atoms with Crippen molar-refractivity contribution in [2.45, 2.75) is 26.4 Å². The summed E-state index contributed by atoms with van der Waals surface area (Å²) in [6, 6.07) is 10.0. The number of aromatic nitrogens is 1. The molecule has 4 nitrogen and oxygen atoms in total. The van der Waals surface area contributed by atoms with E-state index in [9.17, 15) is 4.79 Å². The molecule has 0 aliphatic rings. The zero-order valence-electron chi connectivity index (χ0n) is 12.6. The SMILES string of the molecule is CC(C)(C)OC(=O)NCC=Cc1nccc2ccccc12. The van der Waals surface area contributed by atoms with Crippen LogP contribution in [0.3, 0.4) is 0 Å². The van der Waals surface area contributed by atoms with Crippen LogP contribution in [0.2, 0.25) is 0 Å². The van der Waals surface area contributed by atoms with Gasteiger partial charge in [-0.25, -0.2) is 4.79 Å². The maximum absolute atomic E-state index is 11.5. The van der Waals surface area contributed by atoms with Crippen LogP contribution in [0.25, 0.3) is 16.8 Å². The Balaban J connectivity index is 1.96. The van der Waals surface area contributed by atoms with Gasteiger partial charge in [0.2, 0.25) is 0 Å². The number of pyridine rings is 1. The third-order valence-electron chi connectivity index (χ3n) is 2.74. The van der Waals surface area contributed by atoms with Crippen LogP contribution >= 0.6 is 0 Å². The lowest BCUT2D eigenvalue weighted by Gasteiger charge is -2.19. The smallest absolute Gasteiger partial charge is 0.407 e. The van der Waals surface area contributed by atoms with Crippen LogP contribution < -0.4 is 5.32 Å². The molecule has 110 valence electrons. The lowest BCUT2D eigenvalue weighted by Crippen LogP contribution is -2.32. The number of benzene rings is 1. The minimum atomic E-state index is -0.481. The maximum atomic E-state index is 11.5. The summed E-state index contributed by atoms with van der Waals surface area (Å²) < 4.78 is 5.16. The van der Waals surface area contributed by atoms with E-state index in [0.29, 0.717) is 6.54 Å². The summed E-state index contributed by atoms with van der Waals surface area (Å²) in [7, 11) is 0. The number of fused-ring (bicyclic) bond motifs is 1. The molecular weight excluding hydrogens is 264 g/mol. The Kier molecular flexibility index (Phi) is 4.58. The van der Waals surface area contributed by atoms with Gasteiger partial charge in [-0.05, 0) is 38.3 Å². The summed E-state index contributed by atoms with van der Waals surface area (Å²) in [6.07, 6.45) is 5.12. The van der Waals surface area contributed by atoms with Crippen LogP contribution in [0.5, 0.6) is 0 Å². The van der Waals surface area contributed by atoms with Gasteiger partial charge in [0.1, 0.15) is 5.60 Å². The zero-order chi connectivity index (χ0) is 15.3. The molecular formula is C17H20N2O2. The van der Waals surface area contributed by atoms with E-state index < -0.39 is 11.7 Å². The molecule has 0 spiro atoms. The quantitative estimate of drug-likeness (QED) is 0.933. The number of ether oxygens (including phenoxy) is 1. The highest BCUT2D eigenvalue weighted by atomic mass is 16.6. The molecule has 1 N–H and O–H groups in total. The van der Waals surface area contributed by atoms with E-state index in [0.717, 1.165) is 16.5 Å². The number of carbonyl (C=O) groups is 1. The maximum Gasteiger partial charge on any atom is 0.407 e. The molecule has 1 amide bonds. The van der Waals surface area contributed by atoms with Gasteiger partial charge < -0.3 is 10.1 Å². The topological polar surface area (TPSA) is 51.2 Å². The molecule has 4 heteroatoms. The first-order valence-electron chi connectivity index (χ1n) is 6.93. The number of hydrogen-bond donors (Lipinski definition) is 1. The molecule has 21 heavy (non-hydrogen) atoms. The average Bonchev–Trinajstić information content (AvgIpc) is 2.42. The largest absolute Gasteiger partial charge is 0.444 e. The number of amides is 1. The second-order valence-corrected chi connectivity index (χ2v) is 5.70. The fourth-order valence-corrected chi connectivity index (χ4v) is 1.90. The Hall–Kier alpha value is -2.36. The lowest BCUT2D eigenvalue weighted by atomic mass is 10.1. The summed E-state index contributed by atoms with van der Waals surface area (Å²) in [6.45, 7) is 5.91. The standard InChI is InChI=1S/C17H20N2O2/c1-17(2,3)21-16(20)19-11-6-9-15-14-8-5-4-7-13(14)10-12-18-15/h4-10,12H,11H2,1-3H3,(H,19,20). The summed E-state index contributed by atoms with van der Waals surface area (Å²) in [5.41, 5.74) is 0.407. The molecule has 0 bridgehead atoms. The second kappa shape index (κ2) is 6.39. The van der Waals surface area contributed by atoms with Gasteiger partial charge in [-0.3, -0.25) is 4.98 Å². The summed E-state index contributed by atoms with van der Waals surface area (Å²) in [4.78, 5) is 15.9. The van der Waals surface area contributed by atoms with Crippen LogP contribution in [-0.4, -0.2) is 23.2 Å². The molecule has 0 aliphatic carbocycles. The number of nitrogens with zero attached hydrogens (tertiary/aromatic N) is 1. The van der Waals surface area contributed by atoms with Gasteiger partial charge >= 0.3 is 6.09 Å². The molecule has 0 fully saturated rings. The number of hydrogen-bond acceptors (Lipinski definition) is 3. The molecule has 2 aromatic rings. The Morgan fingerprint density at radius 1 is 1.29 bits per heavy atom. The Labute approximate surface area is 124 Å². The zero-order valence-corrected chi connectivity index (χ0v) is 12.6. The van der Waals surface area contributed by atoms with Gasteiger partial charge in [0.25, 0.3) is 0 Å². The fourth-order valence-electron chi connectivity index (χ4n) is 1.90. The van der Waals surface area contributed by atoms with E-state index in [4.69, 9.17) is 4.74 Å². The summed E-state index contributed by atoms with van der Waals surface area (Å²) >= 11 is 0. The van der Waals surface area contributed by atoms with E-state index in [1.807, 2.05) is 63.3 Å². The molecule has 1 aromatic heterocycles. The molecule has 2 rings (SSSR count). The third kappa shape index (κ3) is 4.60. The molecule has 0 radical (unpaired) electrons. The highest BCUT2D eigenvalue weighted by molar-refractivity contribution is 5.88. The average molecular weight is 284 g/mol. The molecule has 0 aliphatic heterocycles. The first-order chi connectivity index (χ1) is 9.96. The van der Waals surface area contributed by atoms with E-state index in [1.54, 1.807) is 6.20 Å². The monoisotopic (exact) mass is 284 g/mol. The van der Waals surface area contributed by atoms with Crippen LogP contribution in [0.1, 0.15) is 26.5 Å². The van der Waals surface area contributed by atoms with Crippen molar-refractivity contribution >= 4 is 22.9 Å². The molecule has 0 unspecified atom stereocenters. The number of carbonyl (C=O) groups excluding carboxylic acids is 1. The van der Waals surface area contributed by atoms with Gasteiger partial charge in [0.15, 0.2) is 0 Å². The van der Waals surface area contributed by atoms with Crippen molar-refractivity contribution in [1.82, 2.24) is 10.3 Å². The van der Waals surface area contributed by atoms with Crippen molar-refractivity contribution in [2.75, 3.05) is 6.54 Å². The molecule has 0 saturated carbocycles. The van der Waals surface area contributed by atoms with E-state index in [1.165, 1.54) is 0 Å². The molecule has 1 heterocycles. The lowest BCUT2D eigenvalue weighted by molar-refractivity contribution is 0.0534. The predicted octanol–water partition coefficient (Wildman–Crippen LogP) is 3.77. The Morgan fingerprint density at radius 3 is 2.81 bits per heavy atom. The molecule has 0 saturated heterocycles. The second-order valence-electron chi connectivity index (χ2n) is 5.70. The highest BCUT2D eigenvalue weighted by Crippen LogP contribution is 2.17. The molecule has 1 aromatic carbocycles. The van der Waals surface area contributed by atoms with Gasteiger partial charge in [-0.1, -0.05) is 30.3 Å². The number of nitrogens with one attached hydrogen (secondary N) is 1. The highest BCUT2D eigenvalue weighted by Gasteiger charge is 2.14. The summed E-state index contributed by atoms with van der Waals surface area (Å²) in [5, 5.41) is 4.92. The van der Waals surface area contributed by atoms with Gasteiger partial charge in [-0.2, -0.15) is 0 Å². The minimum Gasteiger partial charge on any atom is -0.444 e. The van der Waals surface area contributed by atoms with E-state index in [2.05, 4.69) is 10.3 Å². The van der Waals surface area contributed by atoms with E-state index in [-0.39, 0.29) is 0 Å². The van der Waals surface area contributed by atoms with Crippen molar-refractivity contribution in [3.8, 4) is 0 Å². The van der Waals surface area contributed by atoms with Crippen molar-refractivity contribution in [2.24, 2.45) is 0 Å². The van der Waals surface area contributed by atoms with Crippen molar-refractivity contribution in [3.05, 3.63) is 48.3 Å². The van der Waals surface area contributed by atoms with Crippen molar-refractivity contribution < 1.29 is 9.53 Å². The minimum absolute atomic E-state index is 0.403. The van der Waals surface area contributed by atoms with Gasteiger partial charge in [-0.15, -0.1) is 0 Å². The Morgan fingerprint density at radius 2 is 2.05 bits per heavy atom. The van der Waals surface area contributed by atoms with Crippen LogP contribution in [-0.2, 0) is 4.74 Å². The third-order valence-corrected chi connectivity index (χ3v) is 2.74. The van der Waals surface area contributed by atoms with Crippen LogP contribution in [0, 0.1) is 0 Å². The van der Waals surface area contributed by atoms with E-state index >= 15 is 0 Å². The van der Waals surface area contributed by atoms with Crippen molar-refractivity contribution in [3.63, 3.8) is 0 Å². The first-order valence-corrected chi connectivity index (χ1v) is 6.93.